The van der Waals surface area contributed by atoms with E-state index in [1.165, 1.54) is 0 Å². The number of H-pyrrole nitrogens is 1. The zero-order chi connectivity index (χ0) is 15.6. The van der Waals surface area contributed by atoms with E-state index < -0.39 is 0 Å². The Morgan fingerprint density at radius 2 is 2.22 bits per heavy atom. The van der Waals surface area contributed by atoms with Crippen LogP contribution in [0.4, 0.5) is 0 Å². The summed E-state index contributed by atoms with van der Waals surface area (Å²) >= 11 is 0. The highest BCUT2D eigenvalue weighted by Gasteiger charge is 2.37. The summed E-state index contributed by atoms with van der Waals surface area (Å²) in [7, 11) is 0. The van der Waals surface area contributed by atoms with Gasteiger partial charge in [-0.3, -0.25) is 9.78 Å². The van der Waals surface area contributed by atoms with Gasteiger partial charge in [-0.25, -0.2) is 4.98 Å². The van der Waals surface area contributed by atoms with Crippen LogP contribution in [-0.4, -0.2) is 51.1 Å². The van der Waals surface area contributed by atoms with E-state index in [1.54, 1.807) is 24.7 Å². The minimum atomic E-state index is 0.0678. The number of pyridine rings is 1. The fourth-order valence-electron chi connectivity index (χ4n) is 3.60. The van der Waals surface area contributed by atoms with Crippen molar-refractivity contribution in [3.05, 3.63) is 36.3 Å². The Kier molecular flexibility index (Phi) is 3.83. The molecule has 2 aromatic heterocycles. The molecule has 4 rings (SSSR count). The number of carbonyl (C=O) groups excluding carboxylic acids is 1. The molecule has 2 unspecified atom stereocenters. The average molecular weight is 312 g/mol. The Bertz CT molecular complexity index is 680. The lowest BCUT2D eigenvalue weighted by Crippen LogP contribution is -2.42. The Morgan fingerprint density at radius 3 is 3.00 bits per heavy atom. The monoisotopic (exact) mass is 312 g/mol. The van der Waals surface area contributed by atoms with E-state index in [0.717, 1.165) is 38.8 Å². The molecular weight excluding hydrogens is 292 g/mol. The summed E-state index contributed by atoms with van der Waals surface area (Å²) in [5.41, 5.74) is 1.35. The number of ether oxygens (including phenoxy) is 1. The molecule has 2 fully saturated rings. The van der Waals surface area contributed by atoms with E-state index in [9.17, 15) is 4.79 Å². The van der Waals surface area contributed by atoms with E-state index in [-0.39, 0.29) is 18.1 Å². The highest BCUT2D eigenvalue weighted by molar-refractivity contribution is 5.95. The fraction of sp³-hybridized carbons (Fsp3) is 0.471. The van der Waals surface area contributed by atoms with Crippen LogP contribution in [0.3, 0.4) is 0 Å². The number of likely N-dealkylation sites (tertiary alicyclic amines) is 1. The maximum Gasteiger partial charge on any atom is 0.254 e. The van der Waals surface area contributed by atoms with Gasteiger partial charge in [0.15, 0.2) is 5.82 Å². The molecule has 0 bridgehead atoms. The summed E-state index contributed by atoms with van der Waals surface area (Å²) in [6.45, 7) is 1.63. The van der Waals surface area contributed by atoms with Crippen LogP contribution in [0.2, 0.25) is 0 Å². The molecule has 120 valence electrons. The summed E-state index contributed by atoms with van der Waals surface area (Å²) < 4.78 is 5.81. The standard InChI is InChI=1S/C17H20N4O2/c22-17(21-9-1-3-14(21)15-4-2-10-23-15)12-5-6-18-13(11-12)16-19-7-8-20-16/h5-8,11,14-15H,1-4,9-10H2,(H,19,20). The first-order valence-electron chi connectivity index (χ1n) is 8.21. The lowest BCUT2D eigenvalue weighted by molar-refractivity contribution is 0.0341. The number of hydrogen-bond acceptors (Lipinski definition) is 4. The maximum atomic E-state index is 12.9. The molecule has 0 aliphatic carbocycles. The highest BCUT2D eigenvalue weighted by Crippen LogP contribution is 2.29. The van der Waals surface area contributed by atoms with Crippen molar-refractivity contribution in [2.24, 2.45) is 0 Å². The molecule has 2 aliphatic heterocycles. The van der Waals surface area contributed by atoms with Crippen LogP contribution >= 0.6 is 0 Å². The fourth-order valence-corrected chi connectivity index (χ4v) is 3.60. The molecule has 23 heavy (non-hydrogen) atoms. The van der Waals surface area contributed by atoms with Crippen LogP contribution in [0, 0.1) is 0 Å². The van der Waals surface area contributed by atoms with Crippen molar-refractivity contribution >= 4 is 5.91 Å². The van der Waals surface area contributed by atoms with Crippen LogP contribution in [0.25, 0.3) is 11.5 Å². The second-order valence-electron chi connectivity index (χ2n) is 6.13. The number of carbonyl (C=O) groups is 1. The molecule has 2 atom stereocenters. The van der Waals surface area contributed by atoms with Gasteiger partial charge in [0.1, 0.15) is 5.69 Å². The second kappa shape index (κ2) is 6.12. The van der Waals surface area contributed by atoms with Gasteiger partial charge in [0.05, 0.1) is 12.1 Å². The first kappa shape index (κ1) is 14.4. The van der Waals surface area contributed by atoms with E-state index >= 15 is 0 Å². The van der Waals surface area contributed by atoms with E-state index in [1.807, 2.05) is 11.0 Å². The Morgan fingerprint density at radius 1 is 1.26 bits per heavy atom. The predicted molar refractivity (Wildman–Crippen MR) is 84.9 cm³/mol. The smallest absolute Gasteiger partial charge is 0.254 e. The highest BCUT2D eigenvalue weighted by atomic mass is 16.5. The largest absolute Gasteiger partial charge is 0.376 e. The molecule has 0 saturated carbocycles. The summed E-state index contributed by atoms with van der Waals surface area (Å²) in [5.74, 6) is 0.745. The molecule has 2 aromatic rings. The van der Waals surface area contributed by atoms with Crippen molar-refractivity contribution in [2.75, 3.05) is 13.2 Å². The second-order valence-corrected chi connectivity index (χ2v) is 6.13. The van der Waals surface area contributed by atoms with Crippen molar-refractivity contribution in [3.63, 3.8) is 0 Å². The minimum absolute atomic E-state index is 0.0678. The lowest BCUT2D eigenvalue weighted by Gasteiger charge is -2.29. The van der Waals surface area contributed by atoms with Crippen LogP contribution < -0.4 is 0 Å². The number of nitrogens with one attached hydrogen (secondary N) is 1. The zero-order valence-corrected chi connectivity index (χ0v) is 12.9. The Labute approximate surface area is 134 Å². The van der Waals surface area contributed by atoms with Crippen molar-refractivity contribution in [3.8, 4) is 11.5 Å². The SMILES string of the molecule is O=C(c1ccnc(-c2ncc[nH]2)c1)N1CCCC1C1CCCO1. The quantitative estimate of drug-likeness (QED) is 0.943. The summed E-state index contributed by atoms with van der Waals surface area (Å²) in [6.07, 6.45) is 9.54. The third kappa shape index (κ3) is 2.74. The van der Waals surface area contributed by atoms with Crippen molar-refractivity contribution in [1.82, 2.24) is 19.9 Å². The Balaban J connectivity index is 1.57. The molecule has 1 N–H and O–H groups in total. The van der Waals surface area contributed by atoms with Crippen LogP contribution in [0.1, 0.15) is 36.0 Å². The van der Waals surface area contributed by atoms with Crippen LogP contribution in [0.15, 0.2) is 30.7 Å². The van der Waals surface area contributed by atoms with Gasteiger partial charge in [0.2, 0.25) is 0 Å². The number of aromatic amines is 1. The van der Waals surface area contributed by atoms with Gasteiger partial charge in [-0.2, -0.15) is 0 Å². The number of nitrogens with zero attached hydrogens (tertiary/aromatic N) is 3. The van der Waals surface area contributed by atoms with Crippen LogP contribution in [0.5, 0.6) is 0 Å². The molecule has 1 amide bonds. The third-order valence-corrected chi connectivity index (χ3v) is 4.70. The molecular formula is C17H20N4O2. The molecule has 6 nitrogen and oxygen atoms in total. The van der Waals surface area contributed by atoms with Gasteiger partial charge >= 0.3 is 0 Å². The lowest BCUT2D eigenvalue weighted by atomic mass is 10.0. The zero-order valence-electron chi connectivity index (χ0n) is 12.9. The van der Waals surface area contributed by atoms with E-state index in [2.05, 4.69) is 15.0 Å². The molecule has 2 aliphatic rings. The number of amides is 1. The van der Waals surface area contributed by atoms with Crippen LogP contribution in [-0.2, 0) is 4.74 Å². The Hall–Kier alpha value is -2.21. The molecule has 2 saturated heterocycles. The normalized spacial score (nSPS) is 24.3. The van der Waals surface area contributed by atoms with Gasteiger partial charge < -0.3 is 14.6 Å². The third-order valence-electron chi connectivity index (χ3n) is 4.70. The van der Waals surface area contributed by atoms with E-state index in [0.29, 0.717) is 17.1 Å². The number of aromatic nitrogens is 3. The molecule has 4 heterocycles. The van der Waals surface area contributed by atoms with Gasteiger partial charge in [0.25, 0.3) is 5.91 Å². The summed E-state index contributed by atoms with van der Waals surface area (Å²) in [4.78, 5) is 26.5. The van der Waals surface area contributed by atoms with Gasteiger partial charge in [0, 0.05) is 37.3 Å². The summed E-state index contributed by atoms with van der Waals surface area (Å²) in [6, 6.07) is 3.80. The molecule has 0 spiro atoms. The maximum absolute atomic E-state index is 12.9. The van der Waals surface area contributed by atoms with Gasteiger partial charge in [-0.05, 0) is 37.8 Å². The molecule has 0 radical (unpaired) electrons. The van der Waals surface area contributed by atoms with Crippen molar-refractivity contribution < 1.29 is 9.53 Å². The van der Waals surface area contributed by atoms with Gasteiger partial charge in [-0.15, -0.1) is 0 Å². The number of rotatable bonds is 3. The average Bonchev–Trinajstić information content (AvgIpc) is 3.35. The van der Waals surface area contributed by atoms with Gasteiger partial charge in [-0.1, -0.05) is 0 Å². The predicted octanol–water partition coefficient (Wildman–Crippen LogP) is 2.26. The number of hydrogen-bond donors (Lipinski definition) is 1. The number of imidazole rings is 1. The molecule has 6 heteroatoms. The van der Waals surface area contributed by atoms with Crippen molar-refractivity contribution in [2.45, 2.75) is 37.8 Å². The molecule has 0 aromatic carbocycles. The topological polar surface area (TPSA) is 71.1 Å². The summed E-state index contributed by atoms with van der Waals surface area (Å²) in [5, 5.41) is 0. The van der Waals surface area contributed by atoms with E-state index in [4.69, 9.17) is 4.74 Å². The van der Waals surface area contributed by atoms with Crippen molar-refractivity contribution in [1.29, 1.82) is 0 Å². The minimum Gasteiger partial charge on any atom is -0.376 e. The first-order chi connectivity index (χ1) is 11.3. The first-order valence-corrected chi connectivity index (χ1v) is 8.21.